The fourth-order valence-electron chi connectivity index (χ4n) is 2.79. The van der Waals surface area contributed by atoms with Crippen LogP contribution in [0, 0.1) is 6.92 Å². The first-order chi connectivity index (χ1) is 13.7. The van der Waals surface area contributed by atoms with Crippen LogP contribution in [0.5, 0.6) is 5.75 Å². The van der Waals surface area contributed by atoms with Crippen molar-refractivity contribution in [1.82, 2.24) is 25.7 Å². The van der Waals surface area contributed by atoms with E-state index in [-0.39, 0.29) is 5.91 Å². The molecule has 0 atom stereocenters. The topological polar surface area (TPSA) is 92.8 Å². The van der Waals surface area contributed by atoms with Gasteiger partial charge in [-0.25, -0.2) is 4.98 Å². The highest BCUT2D eigenvalue weighted by Crippen LogP contribution is 2.20. The van der Waals surface area contributed by atoms with Crippen LogP contribution in [0.4, 0.5) is 0 Å². The maximum absolute atomic E-state index is 12.4. The van der Waals surface area contributed by atoms with Crippen molar-refractivity contribution in [2.45, 2.75) is 6.92 Å². The molecule has 0 spiro atoms. The van der Waals surface area contributed by atoms with Crippen LogP contribution in [-0.2, 0) is 0 Å². The molecule has 0 saturated carbocycles. The molecule has 7 nitrogen and oxygen atoms in total. The first-order valence-electron chi connectivity index (χ1n) is 8.95. The third kappa shape index (κ3) is 3.98. The number of ether oxygens (including phenoxy) is 1. The fraction of sp³-hybridized carbons (Fsp3) is 0.143. The third-order valence-corrected chi connectivity index (χ3v) is 4.28. The lowest BCUT2D eigenvalue weighted by Crippen LogP contribution is -2.28. The molecule has 0 aliphatic heterocycles. The van der Waals surface area contributed by atoms with Gasteiger partial charge in [-0.2, -0.15) is 10.3 Å². The van der Waals surface area contributed by atoms with E-state index in [9.17, 15) is 4.79 Å². The van der Waals surface area contributed by atoms with Gasteiger partial charge in [0.15, 0.2) is 0 Å². The Morgan fingerprint density at radius 3 is 2.79 bits per heavy atom. The van der Waals surface area contributed by atoms with Gasteiger partial charge in [0.05, 0.1) is 12.2 Å². The van der Waals surface area contributed by atoms with Gasteiger partial charge >= 0.3 is 0 Å². The van der Waals surface area contributed by atoms with Gasteiger partial charge in [-0.1, -0.05) is 29.8 Å². The van der Waals surface area contributed by atoms with E-state index in [4.69, 9.17) is 4.74 Å². The number of hydrogen-bond acceptors (Lipinski definition) is 5. The standard InChI is InChI=1S/C21H19N5O2/c1-14-5-7-17(8-6-14)28-12-11-22-21(27)16-4-2-3-15(13-16)18-9-10-19-20(23-18)25-26-24-19/h2-10,13H,11-12H2,1H3,(H,22,27)(H,23,24,25,26). The van der Waals surface area contributed by atoms with Crippen molar-refractivity contribution >= 4 is 17.1 Å². The smallest absolute Gasteiger partial charge is 0.251 e. The summed E-state index contributed by atoms with van der Waals surface area (Å²) < 4.78 is 5.63. The zero-order chi connectivity index (χ0) is 19.3. The van der Waals surface area contributed by atoms with Crippen molar-refractivity contribution in [2.24, 2.45) is 0 Å². The average molecular weight is 373 g/mol. The van der Waals surface area contributed by atoms with E-state index in [0.717, 1.165) is 17.0 Å². The highest BCUT2D eigenvalue weighted by molar-refractivity contribution is 5.95. The number of aromatic nitrogens is 4. The molecule has 28 heavy (non-hydrogen) atoms. The minimum absolute atomic E-state index is 0.156. The van der Waals surface area contributed by atoms with Gasteiger partial charge in [0, 0.05) is 11.1 Å². The van der Waals surface area contributed by atoms with E-state index < -0.39 is 0 Å². The van der Waals surface area contributed by atoms with Gasteiger partial charge in [0.25, 0.3) is 5.91 Å². The first-order valence-corrected chi connectivity index (χ1v) is 8.95. The van der Waals surface area contributed by atoms with E-state index in [1.54, 1.807) is 6.07 Å². The Hall–Kier alpha value is -3.74. The molecule has 140 valence electrons. The Morgan fingerprint density at radius 2 is 1.93 bits per heavy atom. The number of carbonyl (C=O) groups excluding carboxylic acids is 1. The number of amides is 1. The lowest BCUT2D eigenvalue weighted by Gasteiger charge is -2.09. The van der Waals surface area contributed by atoms with Crippen LogP contribution in [-0.4, -0.2) is 39.5 Å². The SMILES string of the molecule is Cc1ccc(OCCNC(=O)c2cccc(-c3ccc4n[nH]nc4n3)c2)cc1. The molecule has 4 aromatic rings. The molecule has 4 rings (SSSR count). The largest absolute Gasteiger partial charge is 0.492 e. The number of H-pyrrole nitrogens is 1. The lowest BCUT2D eigenvalue weighted by atomic mass is 10.1. The number of aromatic amines is 1. The number of hydrogen-bond donors (Lipinski definition) is 2. The zero-order valence-corrected chi connectivity index (χ0v) is 15.3. The summed E-state index contributed by atoms with van der Waals surface area (Å²) in [5.74, 6) is 0.632. The Balaban J connectivity index is 1.37. The number of benzene rings is 2. The molecule has 2 N–H and O–H groups in total. The van der Waals surface area contributed by atoms with Crippen LogP contribution in [0.2, 0.25) is 0 Å². The third-order valence-electron chi connectivity index (χ3n) is 4.28. The van der Waals surface area contributed by atoms with E-state index in [2.05, 4.69) is 25.7 Å². The summed E-state index contributed by atoms with van der Waals surface area (Å²) in [5, 5.41) is 13.4. The van der Waals surface area contributed by atoms with Crippen LogP contribution in [0.25, 0.3) is 22.4 Å². The Labute approximate surface area is 161 Å². The maximum atomic E-state index is 12.4. The van der Waals surface area contributed by atoms with Gasteiger partial charge in [-0.05, 0) is 43.3 Å². The van der Waals surface area contributed by atoms with E-state index in [0.29, 0.717) is 29.9 Å². The molecule has 0 radical (unpaired) electrons. The number of rotatable bonds is 6. The monoisotopic (exact) mass is 373 g/mol. The van der Waals surface area contributed by atoms with Crippen molar-refractivity contribution < 1.29 is 9.53 Å². The normalized spacial score (nSPS) is 10.8. The second-order valence-corrected chi connectivity index (χ2v) is 6.36. The van der Waals surface area contributed by atoms with Crippen molar-refractivity contribution in [1.29, 1.82) is 0 Å². The quantitative estimate of drug-likeness (QED) is 0.507. The first kappa shape index (κ1) is 17.7. The molecular formula is C21H19N5O2. The molecule has 2 aromatic carbocycles. The molecule has 2 aromatic heterocycles. The average Bonchev–Trinajstić information content (AvgIpc) is 3.20. The fourth-order valence-corrected chi connectivity index (χ4v) is 2.79. The molecule has 0 fully saturated rings. The number of aryl methyl sites for hydroxylation is 1. The molecule has 0 saturated heterocycles. The zero-order valence-electron chi connectivity index (χ0n) is 15.3. The molecule has 1 amide bonds. The van der Waals surface area contributed by atoms with Gasteiger partial charge < -0.3 is 10.1 Å². The van der Waals surface area contributed by atoms with Gasteiger partial charge in [0.1, 0.15) is 17.9 Å². The molecular weight excluding hydrogens is 354 g/mol. The van der Waals surface area contributed by atoms with Crippen LogP contribution in [0.1, 0.15) is 15.9 Å². The van der Waals surface area contributed by atoms with Crippen LogP contribution in [0.15, 0.2) is 60.7 Å². The van der Waals surface area contributed by atoms with Crippen molar-refractivity contribution in [3.8, 4) is 17.0 Å². The summed E-state index contributed by atoms with van der Waals surface area (Å²) in [4.78, 5) is 16.9. The predicted octanol–water partition coefficient (Wildman–Crippen LogP) is 3.14. The molecule has 7 heteroatoms. The van der Waals surface area contributed by atoms with E-state index >= 15 is 0 Å². The number of carbonyl (C=O) groups is 1. The minimum atomic E-state index is -0.156. The molecule has 0 aliphatic carbocycles. The predicted molar refractivity (Wildman–Crippen MR) is 106 cm³/mol. The summed E-state index contributed by atoms with van der Waals surface area (Å²) in [6.07, 6.45) is 0. The second-order valence-electron chi connectivity index (χ2n) is 6.36. The summed E-state index contributed by atoms with van der Waals surface area (Å²) >= 11 is 0. The maximum Gasteiger partial charge on any atom is 0.251 e. The Kier molecular flexibility index (Phi) is 4.97. The van der Waals surface area contributed by atoms with Crippen LogP contribution >= 0.6 is 0 Å². The van der Waals surface area contributed by atoms with E-state index in [1.807, 2.05) is 61.5 Å². The van der Waals surface area contributed by atoms with Gasteiger partial charge in [-0.3, -0.25) is 4.79 Å². The van der Waals surface area contributed by atoms with Gasteiger partial charge in [-0.15, -0.1) is 5.10 Å². The van der Waals surface area contributed by atoms with Crippen molar-refractivity contribution in [3.05, 3.63) is 71.8 Å². The highest BCUT2D eigenvalue weighted by Gasteiger charge is 2.09. The van der Waals surface area contributed by atoms with Crippen molar-refractivity contribution in [2.75, 3.05) is 13.2 Å². The molecule has 0 bridgehead atoms. The molecule has 0 unspecified atom stereocenters. The summed E-state index contributed by atoms with van der Waals surface area (Å²) in [5.41, 5.74) is 4.56. The molecule has 2 heterocycles. The number of nitrogens with zero attached hydrogens (tertiary/aromatic N) is 3. The Bertz CT molecular complexity index is 1110. The van der Waals surface area contributed by atoms with Crippen molar-refractivity contribution in [3.63, 3.8) is 0 Å². The number of nitrogens with one attached hydrogen (secondary N) is 2. The highest BCUT2D eigenvalue weighted by atomic mass is 16.5. The minimum Gasteiger partial charge on any atom is -0.492 e. The summed E-state index contributed by atoms with van der Waals surface area (Å²) in [7, 11) is 0. The summed E-state index contributed by atoms with van der Waals surface area (Å²) in [6, 6.07) is 18.8. The summed E-state index contributed by atoms with van der Waals surface area (Å²) in [6.45, 7) is 2.84. The van der Waals surface area contributed by atoms with Gasteiger partial charge in [0.2, 0.25) is 5.65 Å². The van der Waals surface area contributed by atoms with E-state index in [1.165, 1.54) is 5.56 Å². The molecule has 0 aliphatic rings. The Morgan fingerprint density at radius 1 is 1.07 bits per heavy atom. The van der Waals surface area contributed by atoms with Crippen LogP contribution in [0.3, 0.4) is 0 Å². The lowest BCUT2D eigenvalue weighted by molar-refractivity contribution is 0.0947. The number of pyridine rings is 1. The second kappa shape index (κ2) is 7.87. The number of fused-ring (bicyclic) bond motifs is 1. The van der Waals surface area contributed by atoms with Crippen LogP contribution < -0.4 is 10.1 Å².